The molecule has 0 atom stereocenters. The van der Waals surface area contributed by atoms with Crippen LogP contribution in [0.3, 0.4) is 0 Å². The van der Waals surface area contributed by atoms with Crippen LogP contribution in [0.5, 0.6) is 11.5 Å². The second-order valence-corrected chi connectivity index (χ2v) is 5.54. The topological polar surface area (TPSA) is 119 Å². The fourth-order valence-electron chi connectivity index (χ4n) is 1.99. The van der Waals surface area contributed by atoms with E-state index < -0.39 is 51.5 Å². The van der Waals surface area contributed by atoms with Crippen LogP contribution in [0.4, 0.5) is 18.9 Å². The van der Waals surface area contributed by atoms with E-state index >= 15 is 0 Å². The minimum Gasteiger partial charge on any atom is -0.546 e. The van der Waals surface area contributed by atoms with Gasteiger partial charge in [-0.3, -0.25) is 10.1 Å². The van der Waals surface area contributed by atoms with Gasteiger partial charge in [-0.05, 0) is 24.3 Å². The minimum atomic E-state index is -4.62. The quantitative estimate of drug-likeness (QED) is 0.267. The van der Waals surface area contributed by atoms with Crippen molar-refractivity contribution in [2.24, 2.45) is 0 Å². The zero-order valence-electron chi connectivity index (χ0n) is 14.5. The first kappa shape index (κ1) is 24.7. The molecular formula is C16H8ClF3NNaO7. The predicted octanol–water partition coefficient (Wildman–Crippen LogP) is -0.0300. The predicted molar refractivity (Wildman–Crippen MR) is 84.9 cm³/mol. The number of halogens is 4. The van der Waals surface area contributed by atoms with Crippen molar-refractivity contribution >= 4 is 29.2 Å². The number of nitrogens with zero attached hydrogens (tertiary/aromatic N) is 1. The van der Waals surface area contributed by atoms with E-state index in [2.05, 4.69) is 4.74 Å². The van der Waals surface area contributed by atoms with Crippen molar-refractivity contribution in [1.82, 2.24) is 0 Å². The molecule has 0 amide bonds. The molecule has 0 unspecified atom stereocenters. The summed E-state index contributed by atoms with van der Waals surface area (Å²) in [6.07, 6.45) is -4.62. The van der Waals surface area contributed by atoms with Crippen molar-refractivity contribution in [3.8, 4) is 11.5 Å². The zero-order chi connectivity index (χ0) is 21.1. The summed E-state index contributed by atoms with van der Waals surface area (Å²) in [6.45, 7) is -1.13. The van der Waals surface area contributed by atoms with Gasteiger partial charge in [0.2, 0.25) is 0 Å². The molecule has 0 aliphatic heterocycles. The maximum atomic E-state index is 12.7. The summed E-state index contributed by atoms with van der Waals surface area (Å²) >= 11 is 5.76. The van der Waals surface area contributed by atoms with Crippen LogP contribution in [0, 0.1) is 10.1 Å². The summed E-state index contributed by atoms with van der Waals surface area (Å²) in [5.74, 6) is -3.45. The normalized spacial score (nSPS) is 10.6. The van der Waals surface area contributed by atoms with Gasteiger partial charge in [-0.15, -0.1) is 0 Å². The minimum absolute atomic E-state index is 0. The summed E-state index contributed by atoms with van der Waals surface area (Å²) < 4.78 is 47.6. The molecule has 8 nitrogen and oxygen atoms in total. The number of esters is 1. The molecule has 0 N–H and O–H groups in total. The summed E-state index contributed by atoms with van der Waals surface area (Å²) in [7, 11) is 0. The number of carbonyl (C=O) groups excluding carboxylic acids is 2. The summed E-state index contributed by atoms with van der Waals surface area (Å²) in [6, 6.07) is 5.08. The first-order valence-corrected chi connectivity index (χ1v) is 7.57. The number of aliphatic carboxylic acids is 1. The average molecular weight is 442 g/mol. The Hall–Kier alpha value is -2.34. The second-order valence-electron chi connectivity index (χ2n) is 5.13. The van der Waals surface area contributed by atoms with Crippen LogP contribution in [0.15, 0.2) is 36.4 Å². The van der Waals surface area contributed by atoms with Gasteiger partial charge in [0.15, 0.2) is 0 Å². The first-order valence-electron chi connectivity index (χ1n) is 7.19. The molecule has 0 saturated carbocycles. The summed E-state index contributed by atoms with van der Waals surface area (Å²) in [4.78, 5) is 32.3. The first-order chi connectivity index (χ1) is 13.0. The number of carbonyl (C=O) groups is 2. The van der Waals surface area contributed by atoms with Crippen LogP contribution >= 0.6 is 11.6 Å². The van der Waals surface area contributed by atoms with Crippen molar-refractivity contribution in [3.05, 3.63) is 62.7 Å². The third-order valence-corrected chi connectivity index (χ3v) is 3.49. The van der Waals surface area contributed by atoms with Crippen LogP contribution < -0.4 is 39.4 Å². The van der Waals surface area contributed by atoms with Crippen LogP contribution in [0.1, 0.15) is 15.9 Å². The van der Waals surface area contributed by atoms with E-state index in [0.717, 1.165) is 24.3 Å². The summed E-state index contributed by atoms with van der Waals surface area (Å²) in [5, 5.41) is 21.0. The second kappa shape index (κ2) is 9.92. The molecule has 0 aliphatic rings. The molecule has 148 valence electrons. The van der Waals surface area contributed by atoms with Gasteiger partial charge in [-0.2, -0.15) is 13.2 Å². The molecule has 0 bridgehead atoms. The molecule has 13 heteroatoms. The third kappa shape index (κ3) is 6.60. The molecular weight excluding hydrogens is 434 g/mol. The van der Waals surface area contributed by atoms with Crippen LogP contribution in [0.25, 0.3) is 0 Å². The monoisotopic (exact) mass is 441 g/mol. The van der Waals surface area contributed by atoms with Gasteiger partial charge < -0.3 is 19.4 Å². The van der Waals surface area contributed by atoms with E-state index in [-0.39, 0.29) is 41.1 Å². The van der Waals surface area contributed by atoms with Crippen molar-refractivity contribution in [3.63, 3.8) is 0 Å². The number of rotatable bonds is 6. The Labute approximate surface area is 187 Å². The van der Waals surface area contributed by atoms with Gasteiger partial charge in [0.1, 0.15) is 23.7 Å². The van der Waals surface area contributed by atoms with Gasteiger partial charge in [-0.1, -0.05) is 11.6 Å². The number of carboxylic acids is 1. The fourth-order valence-corrected chi connectivity index (χ4v) is 2.21. The van der Waals surface area contributed by atoms with Gasteiger partial charge in [-0.25, -0.2) is 4.79 Å². The Kier molecular flexibility index (Phi) is 8.45. The van der Waals surface area contributed by atoms with Crippen LogP contribution in [-0.4, -0.2) is 23.5 Å². The maximum Gasteiger partial charge on any atom is 1.00 e. The largest absolute Gasteiger partial charge is 1.00 e. The molecule has 2 aromatic carbocycles. The van der Waals surface area contributed by atoms with Gasteiger partial charge in [0.25, 0.3) is 5.69 Å². The SMILES string of the molecule is O=C([O-])COC(=O)c1cc(Oc2ccc(C(F)(F)F)cc2Cl)ccc1[N+](=O)[O-].[Na+]. The molecule has 29 heavy (non-hydrogen) atoms. The molecule has 0 fully saturated rings. The molecule has 0 aromatic heterocycles. The van der Waals surface area contributed by atoms with Crippen LogP contribution in [0.2, 0.25) is 5.02 Å². The zero-order valence-corrected chi connectivity index (χ0v) is 17.2. The molecule has 0 radical (unpaired) electrons. The van der Waals surface area contributed by atoms with Gasteiger partial charge in [0.05, 0.1) is 21.5 Å². The number of carboxylic acid groups (broad SMARTS) is 1. The molecule has 0 heterocycles. The molecule has 0 saturated heterocycles. The van der Waals surface area contributed by atoms with Crippen molar-refractivity contribution in [1.29, 1.82) is 0 Å². The Bertz CT molecular complexity index is 953. The van der Waals surface area contributed by atoms with Crippen molar-refractivity contribution < 1.29 is 71.8 Å². The number of nitro benzene ring substituents is 1. The maximum absolute atomic E-state index is 12.7. The van der Waals surface area contributed by atoms with E-state index in [9.17, 15) is 38.0 Å². The van der Waals surface area contributed by atoms with E-state index in [1.807, 2.05) is 0 Å². The number of benzene rings is 2. The number of hydrogen-bond donors (Lipinski definition) is 0. The Morgan fingerprint density at radius 1 is 1.14 bits per heavy atom. The Balaban J connectivity index is 0.00000420. The standard InChI is InChI=1S/C16H9ClF3NO7.Na/c17-11-5-8(16(18,19)20)1-4-13(11)28-9-2-3-12(21(25)26)10(6-9)15(24)27-7-14(22)23;/h1-6H,7H2,(H,22,23);/q;+1/p-1. The van der Waals surface area contributed by atoms with E-state index in [1.165, 1.54) is 0 Å². The number of hydrogen-bond acceptors (Lipinski definition) is 7. The Morgan fingerprint density at radius 2 is 1.79 bits per heavy atom. The van der Waals surface area contributed by atoms with Crippen molar-refractivity contribution in [2.75, 3.05) is 6.61 Å². The number of nitro groups is 1. The van der Waals surface area contributed by atoms with Gasteiger partial charge >= 0.3 is 41.7 Å². The molecule has 0 aliphatic carbocycles. The molecule has 0 spiro atoms. The van der Waals surface area contributed by atoms with E-state index in [4.69, 9.17) is 16.3 Å². The molecule has 2 aromatic rings. The van der Waals surface area contributed by atoms with E-state index in [0.29, 0.717) is 12.1 Å². The third-order valence-electron chi connectivity index (χ3n) is 3.19. The van der Waals surface area contributed by atoms with E-state index in [1.54, 1.807) is 0 Å². The Morgan fingerprint density at radius 3 is 2.31 bits per heavy atom. The number of ether oxygens (including phenoxy) is 2. The number of alkyl halides is 3. The molecule has 2 rings (SSSR count). The van der Waals surface area contributed by atoms with Gasteiger partial charge in [0, 0.05) is 12.1 Å². The average Bonchev–Trinajstić information content (AvgIpc) is 2.60. The summed E-state index contributed by atoms with van der Waals surface area (Å²) in [5.41, 5.74) is -2.35. The van der Waals surface area contributed by atoms with Crippen molar-refractivity contribution in [2.45, 2.75) is 6.18 Å². The smallest absolute Gasteiger partial charge is 0.546 e. The fraction of sp³-hybridized carbons (Fsp3) is 0.125. The van der Waals surface area contributed by atoms with Crippen LogP contribution in [-0.2, 0) is 15.7 Å².